The standard InChI is InChI=1S/C12H14N4O2S/c1-3-7-13-12(19)15(2)14-9-10-5-4-6-11(8-10)16(17)18/h3-6,8-9H,1,7H2,2H3,(H,13,19)/b14-9+. The lowest BCUT2D eigenvalue weighted by Crippen LogP contribution is -2.33. The molecule has 0 aliphatic rings. The smallest absolute Gasteiger partial charge is 0.270 e. The highest BCUT2D eigenvalue weighted by Gasteiger charge is 2.04. The summed E-state index contributed by atoms with van der Waals surface area (Å²) < 4.78 is 0. The normalized spacial score (nSPS) is 10.2. The number of thiocarbonyl (C=S) groups is 1. The van der Waals surface area contributed by atoms with Crippen molar-refractivity contribution in [3.63, 3.8) is 0 Å². The Balaban J connectivity index is 2.70. The average molecular weight is 278 g/mol. The second-order valence-electron chi connectivity index (χ2n) is 3.60. The van der Waals surface area contributed by atoms with Gasteiger partial charge in [-0.3, -0.25) is 10.1 Å². The van der Waals surface area contributed by atoms with Gasteiger partial charge in [0.05, 0.1) is 11.1 Å². The van der Waals surface area contributed by atoms with Crippen LogP contribution >= 0.6 is 12.2 Å². The van der Waals surface area contributed by atoms with Crippen molar-refractivity contribution in [1.29, 1.82) is 0 Å². The summed E-state index contributed by atoms with van der Waals surface area (Å²) >= 11 is 5.07. The Morgan fingerprint density at radius 2 is 2.42 bits per heavy atom. The van der Waals surface area contributed by atoms with Crippen LogP contribution in [-0.4, -0.2) is 34.9 Å². The molecule has 1 aromatic carbocycles. The fourth-order valence-corrected chi connectivity index (χ4v) is 1.33. The van der Waals surface area contributed by atoms with E-state index in [9.17, 15) is 10.1 Å². The number of nitro groups is 1. The molecule has 19 heavy (non-hydrogen) atoms. The molecule has 0 aliphatic carbocycles. The fraction of sp³-hybridized carbons (Fsp3) is 0.167. The van der Waals surface area contributed by atoms with Crippen LogP contribution in [0.4, 0.5) is 5.69 Å². The molecule has 0 radical (unpaired) electrons. The van der Waals surface area contributed by atoms with E-state index in [-0.39, 0.29) is 5.69 Å². The van der Waals surface area contributed by atoms with E-state index in [1.807, 2.05) is 0 Å². The van der Waals surface area contributed by atoms with E-state index in [1.165, 1.54) is 23.4 Å². The molecule has 1 rings (SSSR count). The SMILES string of the molecule is C=CCNC(=S)N(C)/N=C/c1cccc([N+](=O)[O-])c1. The molecule has 0 aromatic heterocycles. The monoisotopic (exact) mass is 278 g/mol. The lowest BCUT2D eigenvalue weighted by Gasteiger charge is -2.14. The van der Waals surface area contributed by atoms with Crippen LogP contribution in [0.25, 0.3) is 0 Å². The van der Waals surface area contributed by atoms with E-state index < -0.39 is 4.92 Å². The van der Waals surface area contributed by atoms with Gasteiger partial charge in [0.25, 0.3) is 5.69 Å². The van der Waals surface area contributed by atoms with Gasteiger partial charge in [-0.05, 0) is 12.2 Å². The van der Waals surface area contributed by atoms with Crippen molar-refractivity contribution in [3.05, 3.63) is 52.6 Å². The van der Waals surface area contributed by atoms with Crippen molar-refractivity contribution in [1.82, 2.24) is 10.3 Å². The van der Waals surface area contributed by atoms with Gasteiger partial charge < -0.3 is 5.32 Å². The van der Waals surface area contributed by atoms with Gasteiger partial charge in [-0.15, -0.1) is 6.58 Å². The van der Waals surface area contributed by atoms with Gasteiger partial charge in [0.2, 0.25) is 0 Å². The molecule has 0 spiro atoms. The zero-order valence-electron chi connectivity index (χ0n) is 10.4. The van der Waals surface area contributed by atoms with Crippen LogP contribution in [-0.2, 0) is 0 Å². The van der Waals surface area contributed by atoms with Crippen molar-refractivity contribution >= 4 is 29.2 Å². The molecule has 0 saturated heterocycles. The molecule has 0 aliphatic heterocycles. The number of non-ortho nitro benzene ring substituents is 1. The largest absolute Gasteiger partial charge is 0.358 e. The first kappa shape index (κ1) is 14.8. The summed E-state index contributed by atoms with van der Waals surface area (Å²) in [5, 5.41) is 19.6. The number of hydrazone groups is 1. The Bertz CT molecular complexity index is 516. The highest BCUT2D eigenvalue weighted by Crippen LogP contribution is 2.11. The number of hydrogen-bond donors (Lipinski definition) is 1. The maximum atomic E-state index is 10.6. The topological polar surface area (TPSA) is 70.8 Å². The molecule has 1 aromatic rings. The van der Waals surface area contributed by atoms with Gasteiger partial charge in [-0.2, -0.15) is 5.10 Å². The molecule has 0 amide bonds. The average Bonchev–Trinajstić information content (AvgIpc) is 2.42. The molecule has 100 valence electrons. The van der Waals surface area contributed by atoms with E-state index >= 15 is 0 Å². The Kier molecular flexibility index (Phi) is 5.62. The van der Waals surface area contributed by atoms with Crippen LogP contribution in [0.5, 0.6) is 0 Å². The van der Waals surface area contributed by atoms with Crippen LogP contribution in [0.15, 0.2) is 42.0 Å². The van der Waals surface area contributed by atoms with Crippen molar-refractivity contribution in [2.45, 2.75) is 0 Å². The third-order valence-corrected chi connectivity index (χ3v) is 2.56. The predicted octanol–water partition coefficient (Wildman–Crippen LogP) is 1.92. The Morgan fingerprint density at radius 1 is 1.68 bits per heavy atom. The van der Waals surface area contributed by atoms with Crippen LogP contribution in [0.2, 0.25) is 0 Å². The van der Waals surface area contributed by atoms with E-state index in [2.05, 4.69) is 17.0 Å². The summed E-state index contributed by atoms with van der Waals surface area (Å²) in [6.45, 7) is 4.12. The summed E-state index contributed by atoms with van der Waals surface area (Å²) in [4.78, 5) is 10.2. The lowest BCUT2D eigenvalue weighted by atomic mass is 10.2. The molecule has 1 N–H and O–H groups in total. The molecule has 0 heterocycles. The number of hydrogen-bond acceptors (Lipinski definition) is 4. The molecule has 0 unspecified atom stereocenters. The maximum Gasteiger partial charge on any atom is 0.270 e. The molecular formula is C12H14N4O2S. The van der Waals surface area contributed by atoms with Gasteiger partial charge in [-0.1, -0.05) is 18.2 Å². The molecule has 0 bridgehead atoms. The third kappa shape index (κ3) is 4.84. The highest BCUT2D eigenvalue weighted by atomic mass is 32.1. The lowest BCUT2D eigenvalue weighted by molar-refractivity contribution is -0.384. The van der Waals surface area contributed by atoms with Gasteiger partial charge in [0, 0.05) is 31.3 Å². The molecule has 7 heteroatoms. The van der Waals surface area contributed by atoms with Gasteiger partial charge in [0.15, 0.2) is 5.11 Å². The Morgan fingerprint density at radius 3 is 3.05 bits per heavy atom. The predicted molar refractivity (Wildman–Crippen MR) is 79.3 cm³/mol. The first-order valence-electron chi connectivity index (χ1n) is 5.45. The second-order valence-corrected chi connectivity index (χ2v) is 3.98. The van der Waals surface area contributed by atoms with Crippen molar-refractivity contribution in [2.75, 3.05) is 13.6 Å². The van der Waals surface area contributed by atoms with E-state index in [1.54, 1.807) is 25.3 Å². The number of rotatable bonds is 5. The molecule has 0 fully saturated rings. The summed E-state index contributed by atoms with van der Waals surface area (Å²) in [7, 11) is 1.69. The van der Waals surface area contributed by atoms with E-state index in [4.69, 9.17) is 12.2 Å². The number of nitrogens with zero attached hydrogens (tertiary/aromatic N) is 3. The van der Waals surface area contributed by atoms with Crippen LogP contribution in [0.1, 0.15) is 5.56 Å². The van der Waals surface area contributed by atoms with Crippen molar-refractivity contribution in [3.8, 4) is 0 Å². The van der Waals surface area contributed by atoms with Crippen LogP contribution in [0, 0.1) is 10.1 Å². The zero-order valence-corrected chi connectivity index (χ0v) is 11.3. The van der Waals surface area contributed by atoms with Gasteiger partial charge in [-0.25, -0.2) is 5.01 Å². The first-order valence-corrected chi connectivity index (χ1v) is 5.86. The fourth-order valence-electron chi connectivity index (χ4n) is 1.20. The molecule has 0 atom stereocenters. The first-order chi connectivity index (χ1) is 9.04. The minimum absolute atomic E-state index is 0.0268. The second kappa shape index (κ2) is 7.22. The minimum atomic E-state index is -0.447. The molecule has 0 saturated carbocycles. The third-order valence-electron chi connectivity index (χ3n) is 2.15. The van der Waals surface area contributed by atoms with Crippen molar-refractivity contribution in [2.24, 2.45) is 5.10 Å². The molecular weight excluding hydrogens is 264 g/mol. The van der Waals surface area contributed by atoms with Crippen molar-refractivity contribution < 1.29 is 4.92 Å². The number of nitrogens with one attached hydrogen (secondary N) is 1. The van der Waals surface area contributed by atoms with E-state index in [0.717, 1.165) is 0 Å². The molecule has 6 nitrogen and oxygen atoms in total. The summed E-state index contributed by atoms with van der Waals surface area (Å²) in [6, 6.07) is 6.20. The Labute approximate surface area is 116 Å². The summed E-state index contributed by atoms with van der Waals surface area (Å²) in [6.07, 6.45) is 3.19. The summed E-state index contributed by atoms with van der Waals surface area (Å²) in [5.41, 5.74) is 0.659. The highest BCUT2D eigenvalue weighted by molar-refractivity contribution is 7.80. The van der Waals surface area contributed by atoms with Gasteiger partial charge >= 0.3 is 0 Å². The number of nitro benzene ring substituents is 1. The zero-order chi connectivity index (χ0) is 14.3. The van der Waals surface area contributed by atoms with E-state index in [0.29, 0.717) is 17.2 Å². The summed E-state index contributed by atoms with van der Waals surface area (Å²) in [5.74, 6) is 0. The quantitative estimate of drug-likeness (QED) is 0.293. The van der Waals surface area contributed by atoms with Gasteiger partial charge in [0.1, 0.15) is 0 Å². The minimum Gasteiger partial charge on any atom is -0.358 e. The van der Waals surface area contributed by atoms with Crippen LogP contribution < -0.4 is 5.32 Å². The number of benzene rings is 1. The maximum absolute atomic E-state index is 10.6. The Hall–Kier alpha value is -2.28. The van der Waals surface area contributed by atoms with Crippen LogP contribution in [0.3, 0.4) is 0 Å².